The maximum atomic E-state index is 14.1. The van der Waals surface area contributed by atoms with Crippen LogP contribution in [0.15, 0.2) is 77.7 Å². The summed E-state index contributed by atoms with van der Waals surface area (Å²) in [5.74, 6) is -1.46. The number of ketones is 1. The first-order valence-corrected chi connectivity index (χ1v) is 12.2. The molecule has 1 amide bonds. The molecule has 1 saturated heterocycles. The number of hydrogen-bond acceptors (Lipinski definition) is 5. The van der Waals surface area contributed by atoms with Gasteiger partial charge in [0.15, 0.2) is 0 Å². The van der Waals surface area contributed by atoms with Crippen LogP contribution in [0.5, 0.6) is 5.75 Å². The van der Waals surface area contributed by atoms with Crippen LogP contribution in [0.2, 0.25) is 0 Å². The lowest BCUT2D eigenvalue weighted by molar-refractivity contribution is -0.114. The van der Waals surface area contributed by atoms with Gasteiger partial charge in [-0.1, -0.05) is 36.4 Å². The molecule has 0 aliphatic carbocycles. The van der Waals surface area contributed by atoms with Gasteiger partial charge in [-0.2, -0.15) is 4.31 Å². The van der Waals surface area contributed by atoms with E-state index in [0.29, 0.717) is 18.7 Å². The third kappa shape index (κ3) is 3.86. The van der Waals surface area contributed by atoms with E-state index in [4.69, 9.17) is 4.74 Å². The van der Waals surface area contributed by atoms with Crippen LogP contribution >= 0.6 is 0 Å². The van der Waals surface area contributed by atoms with Gasteiger partial charge in [-0.25, -0.2) is 12.8 Å². The van der Waals surface area contributed by atoms with Gasteiger partial charge in [-0.15, -0.1) is 0 Å². The Morgan fingerprint density at radius 1 is 0.971 bits per heavy atom. The van der Waals surface area contributed by atoms with E-state index in [1.54, 1.807) is 18.2 Å². The number of halogens is 1. The van der Waals surface area contributed by atoms with Gasteiger partial charge >= 0.3 is 0 Å². The highest BCUT2D eigenvalue weighted by Gasteiger charge is 2.41. The van der Waals surface area contributed by atoms with Crippen LogP contribution in [-0.4, -0.2) is 43.6 Å². The number of ether oxygens (including phenoxy) is 1. The van der Waals surface area contributed by atoms with Gasteiger partial charge in [0.1, 0.15) is 18.2 Å². The lowest BCUT2D eigenvalue weighted by Gasteiger charge is -2.39. The first-order valence-electron chi connectivity index (χ1n) is 10.8. The maximum absolute atomic E-state index is 14.1. The largest absolute Gasteiger partial charge is 0.492 e. The number of fused-ring (bicyclic) bond motifs is 1. The van der Waals surface area contributed by atoms with E-state index in [-0.39, 0.29) is 40.9 Å². The first kappa shape index (κ1) is 22.2. The molecule has 3 aromatic rings. The second-order valence-electron chi connectivity index (χ2n) is 8.17. The summed E-state index contributed by atoms with van der Waals surface area (Å²) in [6, 6.07) is 18.8. The fourth-order valence-electron chi connectivity index (χ4n) is 4.14. The minimum atomic E-state index is -3.89. The second-order valence-corrected chi connectivity index (χ2v) is 10.1. The third-order valence-electron chi connectivity index (χ3n) is 6.11. The molecule has 5 rings (SSSR count). The number of carbonyl (C=O) groups is 2. The Morgan fingerprint density at radius 3 is 2.41 bits per heavy atom. The van der Waals surface area contributed by atoms with E-state index >= 15 is 0 Å². The summed E-state index contributed by atoms with van der Waals surface area (Å²) in [5, 5.41) is 0. The number of sulfonamides is 1. The van der Waals surface area contributed by atoms with Crippen LogP contribution in [0.3, 0.4) is 0 Å². The van der Waals surface area contributed by atoms with Crippen LogP contribution in [0.1, 0.15) is 22.3 Å². The molecule has 0 saturated carbocycles. The topological polar surface area (TPSA) is 84.0 Å². The van der Waals surface area contributed by atoms with Crippen molar-refractivity contribution in [2.45, 2.75) is 23.9 Å². The van der Waals surface area contributed by atoms with E-state index in [1.165, 1.54) is 45.6 Å². The summed E-state index contributed by atoms with van der Waals surface area (Å²) >= 11 is 0. The molecular formula is C25H21FN2O5S. The number of para-hydroxylation sites is 1. The molecule has 1 fully saturated rings. The fraction of sp³-hybridized carbons (Fsp3) is 0.200. The monoisotopic (exact) mass is 480 g/mol. The van der Waals surface area contributed by atoms with Crippen molar-refractivity contribution in [3.05, 3.63) is 89.7 Å². The minimum absolute atomic E-state index is 0.0000216. The first-order chi connectivity index (χ1) is 16.4. The third-order valence-corrected chi connectivity index (χ3v) is 8.06. The van der Waals surface area contributed by atoms with Gasteiger partial charge in [0.2, 0.25) is 10.0 Å². The van der Waals surface area contributed by atoms with Crippen molar-refractivity contribution in [3.8, 4) is 5.75 Å². The maximum Gasteiger partial charge on any atom is 0.299 e. The van der Waals surface area contributed by atoms with Crippen molar-refractivity contribution in [1.29, 1.82) is 0 Å². The number of carbonyl (C=O) groups excluding carboxylic acids is 2. The number of rotatable bonds is 7. The van der Waals surface area contributed by atoms with Crippen molar-refractivity contribution >= 4 is 27.4 Å². The van der Waals surface area contributed by atoms with E-state index in [1.807, 2.05) is 18.2 Å². The summed E-state index contributed by atoms with van der Waals surface area (Å²) in [5.41, 5.74) is 0.528. The molecule has 1 unspecified atom stereocenters. The summed E-state index contributed by atoms with van der Waals surface area (Å²) in [6.07, 6.45) is 0.658. The Balaban J connectivity index is 1.37. The Morgan fingerprint density at radius 2 is 1.71 bits per heavy atom. The predicted molar refractivity (Wildman–Crippen MR) is 123 cm³/mol. The van der Waals surface area contributed by atoms with Gasteiger partial charge < -0.3 is 9.64 Å². The summed E-state index contributed by atoms with van der Waals surface area (Å²) in [4.78, 5) is 26.3. The molecule has 0 bridgehead atoms. The molecule has 0 spiro atoms. The standard InChI is InChI=1S/C25H21FN2O5S/c26-22-9-5-4-6-17(22)15-27-23-11-10-20(14-21(23)24(29)25(27)30)34(31,32)28-13-12-18(28)16-33-19-7-2-1-3-8-19/h1-11,14,18H,12-13,15-16H2. The molecule has 174 valence electrons. The number of nitrogens with zero attached hydrogens (tertiary/aromatic N) is 2. The van der Waals surface area contributed by atoms with Crippen molar-refractivity contribution < 1.29 is 27.1 Å². The molecule has 3 aromatic carbocycles. The van der Waals surface area contributed by atoms with Crippen LogP contribution in [-0.2, 0) is 21.4 Å². The molecule has 2 aliphatic rings. The number of anilines is 1. The molecular weight excluding hydrogens is 459 g/mol. The Labute approximate surface area is 196 Å². The lowest BCUT2D eigenvalue weighted by atomic mass is 10.1. The fourth-order valence-corrected chi connectivity index (χ4v) is 5.82. The minimum Gasteiger partial charge on any atom is -0.492 e. The summed E-state index contributed by atoms with van der Waals surface area (Å²) in [6.45, 7) is 0.428. The molecule has 0 aromatic heterocycles. The number of benzene rings is 3. The quantitative estimate of drug-likeness (QED) is 0.484. The molecule has 2 heterocycles. The van der Waals surface area contributed by atoms with E-state index in [2.05, 4.69) is 0 Å². The number of amides is 1. The smallest absolute Gasteiger partial charge is 0.299 e. The van der Waals surface area contributed by atoms with Gasteiger partial charge in [-0.3, -0.25) is 9.59 Å². The molecule has 2 aliphatic heterocycles. The Bertz CT molecular complexity index is 1380. The molecule has 0 radical (unpaired) electrons. The Kier molecular flexibility index (Phi) is 5.66. The van der Waals surface area contributed by atoms with E-state index in [0.717, 1.165) is 0 Å². The summed E-state index contributed by atoms with van der Waals surface area (Å²) in [7, 11) is -3.89. The number of Topliss-reactive ketones (excluding diaryl/α,β-unsaturated/α-hetero) is 1. The van der Waals surface area contributed by atoms with Crippen LogP contribution < -0.4 is 9.64 Å². The zero-order valence-corrected chi connectivity index (χ0v) is 18.9. The Hall–Kier alpha value is -3.56. The van der Waals surface area contributed by atoms with Crippen molar-refractivity contribution in [2.24, 2.45) is 0 Å². The average molecular weight is 481 g/mol. The number of hydrogen-bond donors (Lipinski definition) is 0. The van der Waals surface area contributed by atoms with Gasteiger partial charge in [0.05, 0.1) is 28.7 Å². The predicted octanol–water partition coefficient (Wildman–Crippen LogP) is 3.40. The highest BCUT2D eigenvalue weighted by molar-refractivity contribution is 7.89. The van der Waals surface area contributed by atoms with Crippen molar-refractivity contribution in [1.82, 2.24) is 4.31 Å². The highest BCUT2D eigenvalue weighted by Crippen LogP contribution is 2.35. The van der Waals surface area contributed by atoms with Crippen LogP contribution in [0.25, 0.3) is 0 Å². The van der Waals surface area contributed by atoms with Gasteiger partial charge in [-0.05, 0) is 42.8 Å². The SMILES string of the molecule is O=C1C(=O)N(Cc2ccccc2F)c2ccc(S(=O)(=O)N3CCC3COc3ccccc3)cc21. The normalized spacial score (nSPS) is 18.0. The van der Waals surface area contributed by atoms with Crippen LogP contribution in [0.4, 0.5) is 10.1 Å². The molecule has 34 heavy (non-hydrogen) atoms. The van der Waals surface area contributed by atoms with Crippen molar-refractivity contribution in [2.75, 3.05) is 18.1 Å². The average Bonchev–Trinajstić information content (AvgIpc) is 3.04. The van der Waals surface area contributed by atoms with Gasteiger partial charge in [0.25, 0.3) is 11.7 Å². The summed E-state index contributed by atoms with van der Waals surface area (Å²) < 4.78 is 47.7. The van der Waals surface area contributed by atoms with Crippen molar-refractivity contribution in [3.63, 3.8) is 0 Å². The molecule has 9 heteroatoms. The molecule has 1 atom stereocenters. The van der Waals surface area contributed by atoms with Crippen LogP contribution in [0, 0.1) is 5.82 Å². The zero-order valence-electron chi connectivity index (χ0n) is 18.1. The van der Waals surface area contributed by atoms with Gasteiger partial charge in [0, 0.05) is 12.1 Å². The van der Waals surface area contributed by atoms with E-state index in [9.17, 15) is 22.4 Å². The molecule has 7 nitrogen and oxygen atoms in total. The van der Waals surface area contributed by atoms with E-state index < -0.39 is 27.5 Å². The highest BCUT2D eigenvalue weighted by atomic mass is 32.2. The zero-order chi connectivity index (χ0) is 23.9. The second kappa shape index (κ2) is 8.66. The molecule has 0 N–H and O–H groups in total. The lowest BCUT2D eigenvalue weighted by Crippen LogP contribution is -2.53.